The molecule has 2 heterocycles. The highest BCUT2D eigenvalue weighted by Crippen LogP contribution is 2.48. The standard InChI is InChI=1S/C27H42N4O2.2H2/c1-26(2,3)24(32)31-16-11-20(12-17-31)30-18-14-27(15-19-30)13-10-23(28-25(33)29(4)5)21-8-6-7-9-22(21)27;;/h6-9,20,23H,10-19H2,1-5H3,(H,28,33);2*1H/t23-;;/m1../s1. The topological polar surface area (TPSA) is 55.9 Å². The number of nitrogens with zero attached hydrogens (tertiary/aromatic N) is 3. The number of fused-ring (bicyclic) bond motifs is 2. The summed E-state index contributed by atoms with van der Waals surface area (Å²) >= 11 is 0. The van der Waals surface area contributed by atoms with Crippen molar-refractivity contribution in [2.75, 3.05) is 40.3 Å². The van der Waals surface area contributed by atoms with Crippen LogP contribution in [0.4, 0.5) is 4.79 Å². The van der Waals surface area contributed by atoms with Crippen LogP contribution in [0.2, 0.25) is 0 Å². The van der Waals surface area contributed by atoms with Gasteiger partial charge in [-0.1, -0.05) is 45.0 Å². The molecular formula is C27H46N4O2. The summed E-state index contributed by atoms with van der Waals surface area (Å²) in [5, 5.41) is 3.23. The molecule has 1 atom stereocenters. The van der Waals surface area contributed by atoms with E-state index in [1.54, 1.807) is 19.0 Å². The number of carbonyl (C=O) groups excluding carboxylic acids is 2. The molecule has 2 saturated heterocycles. The zero-order valence-electron chi connectivity index (χ0n) is 21.2. The average Bonchev–Trinajstić information content (AvgIpc) is 2.80. The fourth-order valence-electron chi connectivity index (χ4n) is 6.17. The zero-order chi connectivity index (χ0) is 23.8. The van der Waals surface area contributed by atoms with E-state index in [2.05, 4.69) is 39.4 Å². The molecule has 33 heavy (non-hydrogen) atoms. The lowest BCUT2D eigenvalue weighted by atomic mass is 9.63. The van der Waals surface area contributed by atoms with Crippen LogP contribution in [-0.4, -0.2) is 73.0 Å². The van der Waals surface area contributed by atoms with Gasteiger partial charge in [0.15, 0.2) is 0 Å². The van der Waals surface area contributed by atoms with Gasteiger partial charge in [0, 0.05) is 41.5 Å². The van der Waals surface area contributed by atoms with Crippen molar-refractivity contribution in [2.45, 2.75) is 76.8 Å². The zero-order valence-corrected chi connectivity index (χ0v) is 21.2. The molecule has 1 spiro atoms. The van der Waals surface area contributed by atoms with Gasteiger partial charge in [-0.3, -0.25) is 4.79 Å². The number of urea groups is 1. The van der Waals surface area contributed by atoms with Crippen LogP contribution in [0.1, 0.15) is 79.3 Å². The molecule has 6 heteroatoms. The van der Waals surface area contributed by atoms with E-state index in [0.29, 0.717) is 6.04 Å². The van der Waals surface area contributed by atoms with Crippen LogP contribution >= 0.6 is 0 Å². The number of rotatable bonds is 2. The second kappa shape index (κ2) is 9.28. The number of amides is 3. The van der Waals surface area contributed by atoms with E-state index in [-0.39, 0.29) is 31.7 Å². The van der Waals surface area contributed by atoms with Gasteiger partial charge < -0.3 is 20.0 Å². The van der Waals surface area contributed by atoms with Crippen molar-refractivity contribution >= 4 is 11.9 Å². The largest absolute Gasteiger partial charge is 0.342 e. The van der Waals surface area contributed by atoms with Crippen molar-refractivity contribution in [3.05, 3.63) is 35.4 Å². The van der Waals surface area contributed by atoms with E-state index >= 15 is 0 Å². The number of nitrogens with one attached hydrogen (secondary N) is 1. The number of likely N-dealkylation sites (tertiary alicyclic amines) is 2. The van der Waals surface area contributed by atoms with Crippen LogP contribution in [0, 0.1) is 5.41 Å². The van der Waals surface area contributed by atoms with Crippen LogP contribution in [-0.2, 0) is 10.2 Å². The third kappa shape index (κ3) is 4.91. The highest BCUT2D eigenvalue weighted by molar-refractivity contribution is 5.81. The average molecular weight is 459 g/mol. The first-order chi connectivity index (χ1) is 15.6. The molecule has 1 aliphatic carbocycles. The molecular weight excluding hydrogens is 412 g/mol. The molecule has 3 amide bonds. The molecule has 1 aromatic carbocycles. The predicted octanol–water partition coefficient (Wildman–Crippen LogP) is 4.66. The highest BCUT2D eigenvalue weighted by atomic mass is 16.2. The van der Waals surface area contributed by atoms with E-state index in [9.17, 15) is 9.59 Å². The second-order valence-corrected chi connectivity index (χ2v) is 11.6. The monoisotopic (exact) mass is 458 g/mol. The Morgan fingerprint density at radius 3 is 2.24 bits per heavy atom. The van der Waals surface area contributed by atoms with Crippen LogP contribution in [0.5, 0.6) is 0 Å². The van der Waals surface area contributed by atoms with E-state index in [1.165, 1.54) is 24.0 Å². The minimum absolute atomic E-state index is 0. The summed E-state index contributed by atoms with van der Waals surface area (Å²) in [5.41, 5.74) is 2.70. The Bertz CT molecular complexity index is 870. The molecule has 3 aliphatic rings. The molecule has 0 saturated carbocycles. The lowest BCUT2D eigenvalue weighted by Gasteiger charge is -2.50. The van der Waals surface area contributed by atoms with Crippen LogP contribution in [0.25, 0.3) is 0 Å². The number of piperidine rings is 2. The Balaban J connectivity index is 0.00000216. The first kappa shape index (κ1) is 24.1. The Labute approximate surface area is 202 Å². The SMILES string of the molecule is CN(C)C(=O)N[C@@H]1CCC2(CCN(C3CCN(C(=O)C(C)(C)C)CC3)CC2)c2ccccc21.[HH].[HH]. The minimum Gasteiger partial charge on any atom is -0.342 e. The van der Waals surface area contributed by atoms with Crippen molar-refractivity contribution in [2.24, 2.45) is 5.41 Å². The van der Waals surface area contributed by atoms with Crippen molar-refractivity contribution in [1.29, 1.82) is 0 Å². The molecule has 1 N–H and O–H groups in total. The fraction of sp³-hybridized carbons (Fsp3) is 0.704. The van der Waals surface area contributed by atoms with Gasteiger partial charge in [0.25, 0.3) is 0 Å². The van der Waals surface area contributed by atoms with Crippen molar-refractivity contribution in [1.82, 2.24) is 20.0 Å². The molecule has 1 aromatic rings. The summed E-state index contributed by atoms with van der Waals surface area (Å²) in [6, 6.07) is 9.46. The number of carbonyl (C=O) groups is 2. The van der Waals surface area contributed by atoms with Crippen LogP contribution in [0.15, 0.2) is 24.3 Å². The lowest BCUT2D eigenvalue weighted by Crippen LogP contribution is -2.53. The van der Waals surface area contributed by atoms with Gasteiger partial charge in [-0.05, 0) is 68.2 Å². The smallest absolute Gasteiger partial charge is 0.317 e. The molecule has 0 radical (unpaired) electrons. The summed E-state index contributed by atoms with van der Waals surface area (Å²) in [6.07, 6.45) is 6.67. The number of benzene rings is 1. The molecule has 2 aliphatic heterocycles. The molecule has 0 aromatic heterocycles. The third-order valence-electron chi connectivity index (χ3n) is 8.19. The predicted molar refractivity (Wildman–Crippen MR) is 136 cm³/mol. The second-order valence-electron chi connectivity index (χ2n) is 11.6. The van der Waals surface area contributed by atoms with Gasteiger partial charge in [-0.2, -0.15) is 0 Å². The van der Waals surface area contributed by atoms with Gasteiger partial charge in [-0.15, -0.1) is 0 Å². The van der Waals surface area contributed by atoms with Crippen molar-refractivity contribution in [3.8, 4) is 0 Å². The van der Waals surface area contributed by atoms with Crippen molar-refractivity contribution in [3.63, 3.8) is 0 Å². The summed E-state index contributed by atoms with van der Waals surface area (Å²) < 4.78 is 0. The van der Waals surface area contributed by atoms with E-state index in [0.717, 1.165) is 51.9 Å². The highest BCUT2D eigenvalue weighted by Gasteiger charge is 2.43. The summed E-state index contributed by atoms with van der Waals surface area (Å²) in [6.45, 7) is 10.1. The fourth-order valence-corrected chi connectivity index (χ4v) is 6.17. The van der Waals surface area contributed by atoms with Gasteiger partial charge in [-0.25, -0.2) is 4.79 Å². The Kier molecular flexibility index (Phi) is 6.77. The maximum Gasteiger partial charge on any atom is 0.317 e. The molecule has 186 valence electrons. The maximum absolute atomic E-state index is 12.6. The lowest BCUT2D eigenvalue weighted by molar-refractivity contribution is -0.141. The molecule has 6 nitrogen and oxygen atoms in total. The summed E-state index contributed by atoms with van der Waals surface area (Å²) in [5.74, 6) is 0.285. The number of hydrogen-bond acceptors (Lipinski definition) is 3. The molecule has 0 bridgehead atoms. The Morgan fingerprint density at radius 2 is 1.64 bits per heavy atom. The van der Waals surface area contributed by atoms with E-state index in [4.69, 9.17) is 0 Å². The van der Waals surface area contributed by atoms with Gasteiger partial charge >= 0.3 is 6.03 Å². The van der Waals surface area contributed by atoms with Gasteiger partial charge in [0.2, 0.25) is 5.91 Å². The quantitative estimate of drug-likeness (QED) is 0.702. The van der Waals surface area contributed by atoms with Gasteiger partial charge in [0.1, 0.15) is 0 Å². The van der Waals surface area contributed by atoms with Crippen LogP contribution < -0.4 is 5.32 Å². The molecule has 2 fully saturated rings. The number of hydrogen-bond donors (Lipinski definition) is 1. The van der Waals surface area contributed by atoms with Crippen LogP contribution in [0.3, 0.4) is 0 Å². The van der Waals surface area contributed by atoms with Crippen molar-refractivity contribution < 1.29 is 12.4 Å². The normalized spacial score (nSPS) is 23.8. The first-order valence-electron chi connectivity index (χ1n) is 12.7. The molecule has 0 unspecified atom stereocenters. The van der Waals surface area contributed by atoms with Gasteiger partial charge in [0.05, 0.1) is 6.04 Å². The summed E-state index contributed by atoms with van der Waals surface area (Å²) in [7, 11) is 3.59. The molecule has 4 rings (SSSR count). The van der Waals surface area contributed by atoms with E-state index in [1.807, 2.05) is 20.8 Å². The Morgan fingerprint density at radius 1 is 1.00 bits per heavy atom. The first-order valence-corrected chi connectivity index (χ1v) is 12.7. The summed E-state index contributed by atoms with van der Waals surface area (Å²) in [4.78, 5) is 31.3. The minimum atomic E-state index is -0.289. The third-order valence-corrected chi connectivity index (χ3v) is 8.19. The maximum atomic E-state index is 12.6. The Hall–Kier alpha value is -2.08. The van der Waals surface area contributed by atoms with E-state index < -0.39 is 0 Å².